The van der Waals surface area contributed by atoms with Gasteiger partial charge in [0.05, 0.1) is 0 Å². The number of hydrogen-bond donors (Lipinski definition) is 0. The molecule has 0 bridgehead atoms. The third-order valence-corrected chi connectivity index (χ3v) is 5.23. The van der Waals surface area contributed by atoms with Gasteiger partial charge in [-0.2, -0.15) is 0 Å². The number of likely N-dealkylation sites (N-methyl/N-ethyl adjacent to an activating group) is 2. The molecule has 0 spiro atoms. The zero-order valence-electron chi connectivity index (χ0n) is 15.9. The zero-order valence-corrected chi connectivity index (χ0v) is 16.7. The molecular weight excluding hydrogens is 392 g/mol. The van der Waals surface area contributed by atoms with Crippen molar-refractivity contribution in [2.45, 2.75) is 6.61 Å². The number of nitrogens with zero attached hydrogens (tertiary/aromatic N) is 2. The highest BCUT2D eigenvalue weighted by Crippen LogP contribution is 2.32. The van der Waals surface area contributed by atoms with Crippen molar-refractivity contribution in [2.75, 3.05) is 20.9 Å². The van der Waals surface area contributed by atoms with Crippen molar-refractivity contribution in [2.24, 2.45) is 0 Å². The van der Waals surface area contributed by atoms with Crippen molar-refractivity contribution < 1.29 is 23.8 Å². The summed E-state index contributed by atoms with van der Waals surface area (Å²) in [6.45, 7) is 0.611. The van der Waals surface area contributed by atoms with Crippen LogP contribution in [0.4, 0.5) is 0 Å². The van der Waals surface area contributed by atoms with Crippen LogP contribution in [0.2, 0.25) is 0 Å². The van der Waals surface area contributed by atoms with Gasteiger partial charge in [-0.25, -0.2) is 0 Å². The number of carbonyl (C=O) groups excluding carboxylic acids is 2. The van der Waals surface area contributed by atoms with Crippen LogP contribution < -0.4 is 14.2 Å². The lowest BCUT2D eigenvalue weighted by molar-refractivity contribution is -0.132. The molecule has 148 valence electrons. The summed E-state index contributed by atoms with van der Waals surface area (Å²) in [6.07, 6.45) is 1.56. The van der Waals surface area contributed by atoms with Gasteiger partial charge in [0.2, 0.25) is 6.79 Å². The number of benzene rings is 2. The van der Waals surface area contributed by atoms with E-state index in [4.69, 9.17) is 26.4 Å². The van der Waals surface area contributed by atoms with Gasteiger partial charge < -0.3 is 14.2 Å². The quantitative estimate of drug-likeness (QED) is 0.439. The van der Waals surface area contributed by atoms with Crippen molar-refractivity contribution >= 4 is 35.2 Å². The number of hydrogen-bond acceptors (Lipinski definition) is 6. The molecular formula is C21H18N2O5S. The van der Waals surface area contributed by atoms with Crippen LogP contribution in [0, 0.1) is 0 Å². The van der Waals surface area contributed by atoms with E-state index in [2.05, 4.69) is 0 Å². The summed E-state index contributed by atoms with van der Waals surface area (Å²) in [5.74, 6) is 1.28. The monoisotopic (exact) mass is 410 g/mol. The first-order valence-electron chi connectivity index (χ1n) is 8.87. The predicted octanol–water partition coefficient (Wildman–Crippen LogP) is 2.59. The molecule has 0 saturated carbocycles. The minimum atomic E-state index is -0.416. The highest BCUT2D eigenvalue weighted by atomic mass is 32.1. The molecule has 7 nitrogen and oxygen atoms in total. The molecule has 2 aliphatic rings. The second kappa shape index (κ2) is 7.56. The van der Waals surface area contributed by atoms with Gasteiger partial charge in [0, 0.05) is 14.1 Å². The largest absolute Gasteiger partial charge is 0.489 e. The number of amides is 2. The maximum Gasteiger partial charge on any atom is 0.265 e. The average Bonchev–Trinajstić information content (AvgIpc) is 3.21. The zero-order chi connectivity index (χ0) is 20.5. The molecule has 4 rings (SSSR count). The number of thiocarbonyl (C=S) groups is 1. The molecule has 0 aromatic heterocycles. The van der Waals surface area contributed by atoms with Crippen LogP contribution in [0.5, 0.6) is 17.2 Å². The van der Waals surface area contributed by atoms with Crippen LogP contribution in [0.3, 0.4) is 0 Å². The molecule has 29 heavy (non-hydrogen) atoms. The smallest absolute Gasteiger partial charge is 0.265 e. The van der Waals surface area contributed by atoms with E-state index in [-0.39, 0.29) is 17.5 Å². The second-order valence-corrected chi connectivity index (χ2v) is 6.98. The van der Waals surface area contributed by atoms with Gasteiger partial charge in [0.1, 0.15) is 17.9 Å². The first-order chi connectivity index (χ1) is 13.9. The summed E-state index contributed by atoms with van der Waals surface area (Å²) in [5, 5.41) is 0.185. The van der Waals surface area contributed by atoms with Gasteiger partial charge in [-0.3, -0.25) is 19.4 Å². The molecule has 1 saturated heterocycles. The van der Waals surface area contributed by atoms with E-state index >= 15 is 0 Å². The lowest BCUT2D eigenvalue weighted by Gasteiger charge is -2.31. The Morgan fingerprint density at radius 2 is 1.66 bits per heavy atom. The van der Waals surface area contributed by atoms with Crippen molar-refractivity contribution in [1.82, 2.24) is 9.80 Å². The molecule has 2 aromatic rings. The fourth-order valence-corrected chi connectivity index (χ4v) is 3.17. The Hall–Kier alpha value is -3.39. The standard InChI is InChI=1S/C21H18N2O5S/c1-22-19(24)16(20(25)23(2)21(22)29)9-13-3-6-15(7-4-13)26-11-14-5-8-17-18(10-14)28-12-27-17/h3-10H,11-12H2,1-2H3. The lowest BCUT2D eigenvalue weighted by Crippen LogP contribution is -2.52. The highest BCUT2D eigenvalue weighted by molar-refractivity contribution is 7.80. The molecule has 0 radical (unpaired) electrons. The van der Waals surface area contributed by atoms with Gasteiger partial charge in [-0.1, -0.05) is 18.2 Å². The Morgan fingerprint density at radius 3 is 2.34 bits per heavy atom. The molecule has 1 fully saturated rings. The minimum Gasteiger partial charge on any atom is -0.489 e. The maximum atomic E-state index is 12.4. The summed E-state index contributed by atoms with van der Waals surface area (Å²) in [7, 11) is 3.10. The van der Waals surface area contributed by atoms with Crippen molar-refractivity contribution in [3.8, 4) is 17.2 Å². The molecule has 0 atom stereocenters. The fourth-order valence-electron chi connectivity index (χ4n) is 3.00. The van der Waals surface area contributed by atoms with Crippen molar-refractivity contribution in [1.29, 1.82) is 0 Å². The first-order valence-corrected chi connectivity index (χ1v) is 9.28. The Kier molecular flexibility index (Phi) is 4.94. The van der Waals surface area contributed by atoms with E-state index in [1.54, 1.807) is 44.4 Å². The third-order valence-electron chi connectivity index (χ3n) is 4.68. The second-order valence-electron chi connectivity index (χ2n) is 6.61. The number of rotatable bonds is 4. The van der Waals surface area contributed by atoms with Gasteiger partial charge in [0.15, 0.2) is 16.6 Å². The predicted molar refractivity (Wildman–Crippen MR) is 109 cm³/mol. The van der Waals surface area contributed by atoms with Crippen LogP contribution in [0.15, 0.2) is 48.0 Å². The molecule has 0 unspecified atom stereocenters. The molecule has 0 N–H and O–H groups in total. The summed E-state index contributed by atoms with van der Waals surface area (Å²) in [4.78, 5) is 27.3. The summed E-state index contributed by atoms with van der Waals surface area (Å²) >= 11 is 5.09. The molecule has 2 aromatic carbocycles. The first kappa shape index (κ1) is 18.9. The van der Waals surface area contributed by atoms with E-state index in [0.717, 1.165) is 11.3 Å². The van der Waals surface area contributed by atoms with Gasteiger partial charge >= 0.3 is 0 Å². The van der Waals surface area contributed by atoms with E-state index in [0.29, 0.717) is 23.7 Å². The molecule has 2 heterocycles. The summed E-state index contributed by atoms with van der Waals surface area (Å²) < 4.78 is 16.5. The molecule has 2 amide bonds. The van der Waals surface area contributed by atoms with Gasteiger partial charge in [-0.05, 0) is 53.7 Å². The molecule has 0 aliphatic carbocycles. The van der Waals surface area contributed by atoms with E-state index < -0.39 is 11.8 Å². The molecule has 2 aliphatic heterocycles. The van der Waals surface area contributed by atoms with Crippen molar-refractivity contribution in [3.05, 3.63) is 59.2 Å². The van der Waals surface area contributed by atoms with Crippen molar-refractivity contribution in [3.63, 3.8) is 0 Å². The number of fused-ring (bicyclic) bond motifs is 1. The fraction of sp³-hybridized carbons (Fsp3) is 0.190. The third kappa shape index (κ3) is 3.66. The highest BCUT2D eigenvalue weighted by Gasteiger charge is 2.35. The summed E-state index contributed by atoms with van der Waals surface area (Å²) in [5.41, 5.74) is 1.74. The van der Waals surface area contributed by atoms with Crippen LogP contribution in [-0.4, -0.2) is 47.6 Å². The Bertz CT molecular complexity index is 1010. The van der Waals surface area contributed by atoms with Crippen LogP contribution in [-0.2, 0) is 16.2 Å². The summed E-state index contributed by atoms with van der Waals surface area (Å²) in [6, 6.07) is 12.8. The normalized spacial score (nSPS) is 15.8. The lowest BCUT2D eigenvalue weighted by atomic mass is 10.1. The SMILES string of the molecule is CN1C(=O)C(=Cc2ccc(OCc3ccc4c(c3)OCO4)cc2)C(=O)N(C)C1=S. The van der Waals surface area contributed by atoms with Crippen LogP contribution >= 0.6 is 12.2 Å². The van der Waals surface area contributed by atoms with E-state index in [1.165, 1.54) is 9.80 Å². The number of ether oxygens (including phenoxy) is 3. The molecule has 8 heteroatoms. The van der Waals surface area contributed by atoms with Gasteiger partial charge in [-0.15, -0.1) is 0 Å². The Labute approximate surface area is 173 Å². The maximum absolute atomic E-state index is 12.4. The van der Waals surface area contributed by atoms with Crippen LogP contribution in [0.1, 0.15) is 11.1 Å². The van der Waals surface area contributed by atoms with Gasteiger partial charge in [0.25, 0.3) is 11.8 Å². The van der Waals surface area contributed by atoms with E-state index in [9.17, 15) is 9.59 Å². The average molecular weight is 410 g/mol. The Morgan fingerprint density at radius 1 is 1.00 bits per heavy atom. The minimum absolute atomic E-state index is 0.0672. The number of carbonyl (C=O) groups is 2. The Balaban J connectivity index is 1.45. The van der Waals surface area contributed by atoms with Crippen LogP contribution in [0.25, 0.3) is 6.08 Å². The topological polar surface area (TPSA) is 68.3 Å². The van der Waals surface area contributed by atoms with E-state index in [1.807, 2.05) is 18.2 Å².